The van der Waals surface area contributed by atoms with Crippen LogP contribution in [0.25, 0.3) is 0 Å². The smallest absolute Gasteiger partial charge is 0.106 e. The van der Waals surface area contributed by atoms with E-state index in [9.17, 15) is 0 Å². The van der Waals surface area contributed by atoms with Crippen molar-refractivity contribution in [3.8, 4) is 0 Å². The van der Waals surface area contributed by atoms with Crippen LogP contribution in [-0.4, -0.2) is 22.6 Å². The Kier molecular flexibility index (Phi) is 5.44. The fraction of sp³-hybridized carbons (Fsp3) is 0.812. The lowest BCUT2D eigenvalue weighted by Gasteiger charge is -2.38. The Hall–Kier alpha value is -0.830. The summed E-state index contributed by atoms with van der Waals surface area (Å²) in [6.45, 7) is 8.26. The quantitative estimate of drug-likeness (QED) is 0.772. The molecule has 1 aliphatic rings. The molecule has 2 N–H and O–H groups in total. The monoisotopic (exact) mass is 263 g/mol. The van der Waals surface area contributed by atoms with Crippen LogP contribution in [0.1, 0.15) is 52.3 Å². The SMILES string of the molecule is CC1CCC(C(C)C)C(NCCCc2ncc[nH]2)C1. The minimum atomic E-state index is 0.723. The Morgan fingerprint density at radius 1 is 1.42 bits per heavy atom. The molecule has 3 nitrogen and oxygen atoms in total. The third kappa shape index (κ3) is 4.34. The van der Waals surface area contributed by atoms with Gasteiger partial charge >= 0.3 is 0 Å². The molecule has 0 spiro atoms. The largest absolute Gasteiger partial charge is 0.349 e. The number of imidazole rings is 1. The summed E-state index contributed by atoms with van der Waals surface area (Å²) in [5, 5.41) is 3.80. The van der Waals surface area contributed by atoms with Crippen molar-refractivity contribution in [3.63, 3.8) is 0 Å². The van der Waals surface area contributed by atoms with E-state index >= 15 is 0 Å². The number of H-pyrrole nitrogens is 1. The molecule has 1 heterocycles. The number of rotatable bonds is 6. The van der Waals surface area contributed by atoms with Crippen molar-refractivity contribution in [1.29, 1.82) is 0 Å². The van der Waals surface area contributed by atoms with E-state index in [0.29, 0.717) is 0 Å². The van der Waals surface area contributed by atoms with Crippen LogP contribution in [0.15, 0.2) is 12.4 Å². The predicted octanol–water partition coefficient (Wildman–Crippen LogP) is 3.39. The van der Waals surface area contributed by atoms with E-state index in [1.807, 2.05) is 12.4 Å². The van der Waals surface area contributed by atoms with Crippen molar-refractivity contribution >= 4 is 0 Å². The van der Waals surface area contributed by atoms with Crippen molar-refractivity contribution in [3.05, 3.63) is 18.2 Å². The van der Waals surface area contributed by atoms with Gasteiger partial charge in [0.1, 0.15) is 5.82 Å². The summed E-state index contributed by atoms with van der Waals surface area (Å²) in [7, 11) is 0. The highest BCUT2D eigenvalue weighted by atomic mass is 14.9. The molecule has 3 heteroatoms. The van der Waals surface area contributed by atoms with Gasteiger partial charge < -0.3 is 10.3 Å². The Balaban J connectivity index is 1.72. The van der Waals surface area contributed by atoms with Gasteiger partial charge in [0.15, 0.2) is 0 Å². The highest BCUT2D eigenvalue weighted by molar-refractivity contribution is 4.88. The molecule has 0 aromatic carbocycles. The first-order chi connectivity index (χ1) is 9.16. The lowest BCUT2D eigenvalue weighted by molar-refractivity contribution is 0.170. The molecule has 3 atom stereocenters. The molecule has 1 aromatic rings. The Labute approximate surface area is 117 Å². The molecular formula is C16H29N3. The third-order valence-corrected chi connectivity index (χ3v) is 4.57. The standard InChI is InChI=1S/C16H29N3/c1-12(2)14-7-6-13(3)11-15(14)17-8-4-5-16-18-9-10-19-16/h9-10,12-15,17H,4-8,11H2,1-3H3,(H,18,19). The first kappa shape index (κ1) is 14.6. The number of hydrogen-bond donors (Lipinski definition) is 2. The summed E-state index contributed by atoms with van der Waals surface area (Å²) in [6, 6.07) is 0.723. The Morgan fingerprint density at radius 2 is 2.26 bits per heavy atom. The van der Waals surface area contributed by atoms with Gasteiger partial charge in [0, 0.05) is 24.9 Å². The normalized spacial score (nSPS) is 27.9. The minimum Gasteiger partial charge on any atom is -0.349 e. The predicted molar refractivity (Wildman–Crippen MR) is 80.0 cm³/mol. The molecule has 1 saturated carbocycles. The number of aryl methyl sites for hydroxylation is 1. The maximum Gasteiger partial charge on any atom is 0.106 e. The van der Waals surface area contributed by atoms with Gasteiger partial charge in [-0.2, -0.15) is 0 Å². The molecular weight excluding hydrogens is 234 g/mol. The van der Waals surface area contributed by atoms with E-state index in [2.05, 4.69) is 36.1 Å². The summed E-state index contributed by atoms with van der Waals surface area (Å²) >= 11 is 0. The van der Waals surface area contributed by atoms with Crippen LogP contribution >= 0.6 is 0 Å². The first-order valence-corrected chi connectivity index (χ1v) is 7.88. The van der Waals surface area contributed by atoms with Crippen molar-refractivity contribution in [2.24, 2.45) is 17.8 Å². The third-order valence-electron chi connectivity index (χ3n) is 4.57. The zero-order valence-electron chi connectivity index (χ0n) is 12.7. The Bertz CT molecular complexity index is 345. The van der Waals surface area contributed by atoms with E-state index in [1.165, 1.54) is 25.7 Å². The molecule has 1 aromatic heterocycles. The maximum atomic E-state index is 4.27. The highest BCUT2D eigenvalue weighted by Gasteiger charge is 2.29. The molecule has 1 aliphatic carbocycles. The average molecular weight is 263 g/mol. The molecule has 1 fully saturated rings. The summed E-state index contributed by atoms with van der Waals surface area (Å²) < 4.78 is 0. The van der Waals surface area contributed by atoms with Crippen molar-refractivity contribution in [2.75, 3.05) is 6.54 Å². The lowest BCUT2D eigenvalue weighted by atomic mass is 9.74. The molecule has 0 amide bonds. The topological polar surface area (TPSA) is 40.7 Å². The molecule has 0 saturated heterocycles. The first-order valence-electron chi connectivity index (χ1n) is 7.88. The number of aromatic amines is 1. The van der Waals surface area contributed by atoms with Gasteiger partial charge in [0.05, 0.1) is 0 Å². The van der Waals surface area contributed by atoms with Crippen LogP contribution in [0.2, 0.25) is 0 Å². The summed E-state index contributed by atoms with van der Waals surface area (Å²) in [6.07, 6.45) is 10.1. The summed E-state index contributed by atoms with van der Waals surface area (Å²) in [4.78, 5) is 7.44. The van der Waals surface area contributed by atoms with Gasteiger partial charge in [-0.15, -0.1) is 0 Å². The van der Waals surface area contributed by atoms with Crippen LogP contribution in [0.3, 0.4) is 0 Å². The number of nitrogens with one attached hydrogen (secondary N) is 2. The number of nitrogens with zero attached hydrogens (tertiary/aromatic N) is 1. The van der Waals surface area contributed by atoms with Gasteiger partial charge in [-0.25, -0.2) is 4.98 Å². The van der Waals surface area contributed by atoms with Crippen LogP contribution in [-0.2, 0) is 6.42 Å². The lowest BCUT2D eigenvalue weighted by Crippen LogP contribution is -2.43. The van der Waals surface area contributed by atoms with E-state index in [0.717, 1.165) is 42.6 Å². The second-order valence-corrected chi connectivity index (χ2v) is 6.53. The van der Waals surface area contributed by atoms with Crippen molar-refractivity contribution < 1.29 is 0 Å². The molecule has 19 heavy (non-hydrogen) atoms. The van der Waals surface area contributed by atoms with Gasteiger partial charge in [0.2, 0.25) is 0 Å². The average Bonchev–Trinajstić information content (AvgIpc) is 2.87. The Morgan fingerprint density at radius 3 is 2.95 bits per heavy atom. The zero-order chi connectivity index (χ0) is 13.7. The van der Waals surface area contributed by atoms with Crippen LogP contribution in [0.4, 0.5) is 0 Å². The van der Waals surface area contributed by atoms with E-state index in [4.69, 9.17) is 0 Å². The summed E-state index contributed by atoms with van der Waals surface area (Å²) in [5.41, 5.74) is 0. The fourth-order valence-corrected chi connectivity index (χ4v) is 3.41. The number of hydrogen-bond acceptors (Lipinski definition) is 2. The molecule has 0 radical (unpaired) electrons. The maximum absolute atomic E-state index is 4.27. The second kappa shape index (κ2) is 7.09. The zero-order valence-corrected chi connectivity index (χ0v) is 12.7. The van der Waals surface area contributed by atoms with Crippen LogP contribution < -0.4 is 5.32 Å². The van der Waals surface area contributed by atoms with Crippen molar-refractivity contribution in [1.82, 2.24) is 15.3 Å². The molecule has 2 rings (SSSR count). The van der Waals surface area contributed by atoms with Gasteiger partial charge in [-0.3, -0.25) is 0 Å². The van der Waals surface area contributed by atoms with Crippen LogP contribution in [0, 0.1) is 17.8 Å². The molecule has 108 valence electrons. The van der Waals surface area contributed by atoms with Gasteiger partial charge in [-0.05, 0) is 43.6 Å². The van der Waals surface area contributed by atoms with Crippen LogP contribution in [0.5, 0.6) is 0 Å². The molecule has 3 unspecified atom stereocenters. The molecule has 0 aliphatic heterocycles. The highest BCUT2D eigenvalue weighted by Crippen LogP contribution is 2.33. The van der Waals surface area contributed by atoms with E-state index in [-0.39, 0.29) is 0 Å². The van der Waals surface area contributed by atoms with Gasteiger partial charge in [0.25, 0.3) is 0 Å². The minimum absolute atomic E-state index is 0.723. The van der Waals surface area contributed by atoms with Crippen molar-refractivity contribution in [2.45, 2.75) is 58.9 Å². The number of aromatic nitrogens is 2. The van der Waals surface area contributed by atoms with E-state index in [1.54, 1.807) is 0 Å². The second-order valence-electron chi connectivity index (χ2n) is 6.53. The fourth-order valence-electron chi connectivity index (χ4n) is 3.41. The summed E-state index contributed by atoms with van der Waals surface area (Å²) in [5.74, 6) is 3.66. The molecule has 0 bridgehead atoms. The van der Waals surface area contributed by atoms with E-state index < -0.39 is 0 Å². The van der Waals surface area contributed by atoms with Gasteiger partial charge in [-0.1, -0.05) is 27.2 Å².